The average Bonchev–Trinajstić information content (AvgIpc) is 2.55. The van der Waals surface area contributed by atoms with Crippen LogP contribution in [-0.4, -0.2) is 38.0 Å². The van der Waals surface area contributed by atoms with E-state index in [1.807, 2.05) is 0 Å². The van der Waals surface area contributed by atoms with Crippen molar-refractivity contribution in [3.63, 3.8) is 0 Å². The second-order valence-electron chi connectivity index (χ2n) is 5.12. The summed E-state index contributed by atoms with van der Waals surface area (Å²) in [6, 6.07) is 6.84. The molecule has 2 rings (SSSR count). The number of aliphatic hydroxyl groups is 1. The Balaban J connectivity index is 1.95. The van der Waals surface area contributed by atoms with Gasteiger partial charge in [-0.1, -0.05) is 11.8 Å². The van der Waals surface area contributed by atoms with E-state index in [0.29, 0.717) is 18.6 Å². The zero-order chi connectivity index (χ0) is 15.9. The molecular formula is C18H18O4. The first-order chi connectivity index (χ1) is 10.7. The van der Waals surface area contributed by atoms with Gasteiger partial charge in [-0.3, -0.25) is 0 Å². The summed E-state index contributed by atoms with van der Waals surface area (Å²) in [5.74, 6) is 11.4. The molecule has 0 spiro atoms. The monoisotopic (exact) mass is 298 g/mol. The second-order valence-corrected chi connectivity index (χ2v) is 5.12. The topological polar surface area (TPSA) is 55.8 Å². The highest BCUT2D eigenvalue weighted by Gasteiger charge is 2.38. The number of ether oxygens (including phenoxy) is 2. The Morgan fingerprint density at radius 3 is 2.59 bits per heavy atom. The van der Waals surface area contributed by atoms with Gasteiger partial charge in [0.1, 0.15) is 0 Å². The van der Waals surface area contributed by atoms with Gasteiger partial charge in [0.15, 0.2) is 0 Å². The maximum atomic E-state index is 11.3. The van der Waals surface area contributed by atoms with E-state index in [1.54, 1.807) is 31.4 Å². The quantitative estimate of drug-likeness (QED) is 0.678. The van der Waals surface area contributed by atoms with Crippen molar-refractivity contribution in [1.82, 2.24) is 0 Å². The molecule has 1 aromatic rings. The van der Waals surface area contributed by atoms with Gasteiger partial charge < -0.3 is 14.6 Å². The number of rotatable bonds is 3. The zero-order valence-corrected chi connectivity index (χ0v) is 12.6. The predicted molar refractivity (Wildman–Crippen MR) is 81.9 cm³/mol. The molecule has 3 atom stereocenters. The van der Waals surface area contributed by atoms with Gasteiger partial charge in [-0.25, -0.2) is 4.79 Å². The molecule has 1 aromatic carbocycles. The fourth-order valence-corrected chi connectivity index (χ4v) is 2.31. The van der Waals surface area contributed by atoms with Crippen LogP contribution >= 0.6 is 0 Å². The van der Waals surface area contributed by atoms with E-state index >= 15 is 0 Å². The largest absolute Gasteiger partial charge is 0.465 e. The molecular weight excluding hydrogens is 280 g/mol. The number of hydrogen-bond donors (Lipinski definition) is 1. The number of aliphatic hydroxyl groups excluding tert-OH is 1. The lowest BCUT2D eigenvalue weighted by Crippen LogP contribution is -2.43. The highest BCUT2D eigenvalue weighted by Crippen LogP contribution is 2.34. The molecule has 1 fully saturated rings. The Bertz CT molecular complexity index is 640. The van der Waals surface area contributed by atoms with Crippen molar-refractivity contribution in [2.24, 2.45) is 11.8 Å². The molecule has 0 radical (unpaired) electrons. The molecule has 0 bridgehead atoms. The van der Waals surface area contributed by atoms with Crippen LogP contribution in [0.5, 0.6) is 0 Å². The number of hydrogen-bond acceptors (Lipinski definition) is 4. The molecule has 0 amide bonds. The summed E-state index contributed by atoms with van der Waals surface area (Å²) < 4.78 is 9.69. The van der Waals surface area contributed by atoms with E-state index in [9.17, 15) is 9.90 Å². The molecule has 4 heteroatoms. The number of esters is 1. The van der Waals surface area contributed by atoms with Crippen LogP contribution in [0.2, 0.25) is 0 Å². The van der Waals surface area contributed by atoms with Gasteiger partial charge in [0.05, 0.1) is 25.4 Å². The van der Waals surface area contributed by atoms with Crippen LogP contribution in [0.3, 0.4) is 0 Å². The Labute approximate surface area is 130 Å². The zero-order valence-electron chi connectivity index (χ0n) is 12.6. The standard InChI is InChI=1S/C18H18O4/c1-21-12-16-15(11-17(16)19)6-4-3-5-13-7-9-14(10-8-13)18(20)22-2/h7-10,15-17,19H,11-12H2,1-2H3/t15?,16-,17?/m1/s1. The van der Waals surface area contributed by atoms with Crippen LogP contribution in [0, 0.1) is 35.5 Å². The van der Waals surface area contributed by atoms with E-state index in [4.69, 9.17) is 4.74 Å². The summed E-state index contributed by atoms with van der Waals surface area (Å²) >= 11 is 0. The fraction of sp³-hybridized carbons (Fsp3) is 0.389. The lowest BCUT2D eigenvalue weighted by Gasteiger charge is -2.37. The first-order valence-electron chi connectivity index (χ1n) is 7.02. The van der Waals surface area contributed by atoms with Gasteiger partial charge in [-0.15, -0.1) is 0 Å². The van der Waals surface area contributed by atoms with Gasteiger partial charge in [0, 0.05) is 24.5 Å². The third-order valence-electron chi connectivity index (χ3n) is 3.70. The van der Waals surface area contributed by atoms with Crippen LogP contribution in [0.4, 0.5) is 0 Å². The summed E-state index contributed by atoms with van der Waals surface area (Å²) in [6.07, 6.45) is 0.356. The highest BCUT2D eigenvalue weighted by molar-refractivity contribution is 5.89. The van der Waals surface area contributed by atoms with Crippen molar-refractivity contribution in [3.05, 3.63) is 35.4 Å². The molecule has 1 aliphatic rings. The summed E-state index contributed by atoms with van der Waals surface area (Å²) in [7, 11) is 2.97. The van der Waals surface area contributed by atoms with Crippen molar-refractivity contribution < 1.29 is 19.4 Å². The van der Waals surface area contributed by atoms with Crippen molar-refractivity contribution in [2.75, 3.05) is 20.8 Å². The summed E-state index contributed by atoms with van der Waals surface area (Å²) in [4.78, 5) is 11.3. The average molecular weight is 298 g/mol. The minimum atomic E-state index is -0.368. The Morgan fingerprint density at radius 1 is 1.27 bits per heavy atom. The van der Waals surface area contributed by atoms with Gasteiger partial charge in [-0.2, -0.15) is 0 Å². The predicted octanol–water partition coefficient (Wildman–Crippen LogP) is 1.47. The van der Waals surface area contributed by atoms with Crippen molar-refractivity contribution >= 4 is 5.97 Å². The molecule has 1 N–H and O–H groups in total. The molecule has 0 aliphatic heterocycles. The number of carbonyl (C=O) groups is 1. The van der Waals surface area contributed by atoms with E-state index in [1.165, 1.54) is 7.11 Å². The van der Waals surface area contributed by atoms with E-state index in [2.05, 4.69) is 28.4 Å². The fourth-order valence-electron chi connectivity index (χ4n) is 2.31. The van der Waals surface area contributed by atoms with Gasteiger partial charge in [0.2, 0.25) is 0 Å². The minimum Gasteiger partial charge on any atom is -0.465 e. The normalized spacial score (nSPS) is 22.4. The van der Waals surface area contributed by atoms with Gasteiger partial charge in [0.25, 0.3) is 0 Å². The van der Waals surface area contributed by atoms with E-state index in [-0.39, 0.29) is 23.9 Å². The summed E-state index contributed by atoms with van der Waals surface area (Å²) in [6.45, 7) is 0.517. The Kier molecular flexibility index (Phi) is 5.61. The molecule has 1 aliphatic carbocycles. The van der Waals surface area contributed by atoms with Crippen molar-refractivity contribution in [2.45, 2.75) is 12.5 Å². The first kappa shape index (κ1) is 16.1. The summed E-state index contributed by atoms with van der Waals surface area (Å²) in [5, 5.41) is 9.61. The van der Waals surface area contributed by atoms with Crippen LogP contribution in [0.25, 0.3) is 0 Å². The molecule has 22 heavy (non-hydrogen) atoms. The summed E-state index contributed by atoms with van der Waals surface area (Å²) in [5.41, 5.74) is 1.27. The van der Waals surface area contributed by atoms with Crippen molar-refractivity contribution in [3.8, 4) is 23.7 Å². The third-order valence-corrected chi connectivity index (χ3v) is 3.70. The van der Waals surface area contributed by atoms with Crippen LogP contribution in [-0.2, 0) is 9.47 Å². The van der Waals surface area contributed by atoms with E-state index < -0.39 is 0 Å². The van der Waals surface area contributed by atoms with Gasteiger partial charge >= 0.3 is 5.97 Å². The SMILES string of the molecule is COC[C@H]1C(O)CC1C#CC#Cc1ccc(C(=O)OC)cc1. The Hall–Kier alpha value is -2.27. The molecule has 1 saturated carbocycles. The van der Waals surface area contributed by atoms with Crippen LogP contribution in [0.1, 0.15) is 22.3 Å². The molecule has 114 valence electrons. The maximum absolute atomic E-state index is 11.3. The molecule has 0 saturated heterocycles. The highest BCUT2D eigenvalue weighted by atomic mass is 16.5. The number of methoxy groups -OCH3 is 2. The number of carbonyl (C=O) groups excluding carboxylic acids is 1. The van der Waals surface area contributed by atoms with Gasteiger partial charge in [-0.05, 0) is 42.5 Å². The van der Waals surface area contributed by atoms with Crippen LogP contribution in [0.15, 0.2) is 24.3 Å². The van der Waals surface area contributed by atoms with Crippen molar-refractivity contribution in [1.29, 1.82) is 0 Å². The Morgan fingerprint density at radius 2 is 2.00 bits per heavy atom. The first-order valence-corrected chi connectivity index (χ1v) is 7.02. The molecule has 4 nitrogen and oxygen atoms in total. The second kappa shape index (κ2) is 7.66. The number of benzene rings is 1. The lowest BCUT2D eigenvalue weighted by atomic mass is 9.72. The smallest absolute Gasteiger partial charge is 0.337 e. The third kappa shape index (κ3) is 3.89. The van der Waals surface area contributed by atoms with Crippen LogP contribution < -0.4 is 0 Å². The van der Waals surface area contributed by atoms with E-state index in [0.717, 1.165) is 5.56 Å². The molecule has 0 heterocycles. The lowest BCUT2D eigenvalue weighted by molar-refractivity contribution is -0.0472. The minimum absolute atomic E-state index is 0.0821. The molecule has 0 aromatic heterocycles. The maximum Gasteiger partial charge on any atom is 0.337 e. The molecule has 2 unspecified atom stereocenters.